The van der Waals surface area contributed by atoms with Gasteiger partial charge in [-0.15, -0.1) is 0 Å². The van der Waals surface area contributed by atoms with Gasteiger partial charge in [0.15, 0.2) is 0 Å². The fraction of sp³-hybridized carbons (Fsp3) is 0.242. The number of carbonyl (C=O) groups is 2. The molecular formula is C33H36N4O5S. The molecule has 0 saturated carbocycles. The van der Waals surface area contributed by atoms with Crippen molar-refractivity contribution >= 4 is 21.8 Å². The molecule has 3 aromatic carbocycles. The standard InChI is InChI=1S/C33H36N4O5S/c1-3-36-43(40,41)30-16-11-25(12-17-30)13-18-31(38)37(24-27-9-14-29(42-2)15-10-27)32(28-7-5-4-6-8-28)33(39)35-23-26-19-21-34-22-20-26/h4-12,14-17,19-22,32,36H,3,13,18,23-24H2,1-2H3,(H,35,39). The highest BCUT2D eigenvalue weighted by Crippen LogP contribution is 2.26. The van der Waals surface area contributed by atoms with Crippen molar-refractivity contribution < 1.29 is 22.7 Å². The molecule has 10 heteroatoms. The number of amides is 2. The van der Waals surface area contributed by atoms with Crippen molar-refractivity contribution in [1.82, 2.24) is 19.9 Å². The van der Waals surface area contributed by atoms with Crippen molar-refractivity contribution in [3.63, 3.8) is 0 Å². The Balaban J connectivity index is 1.60. The van der Waals surface area contributed by atoms with Gasteiger partial charge >= 0.3 is 0 Å². The Morgan fingerprint density at radius 1 is 0.860 bits per heavy atom. The number of benzene rings is 3. The van der Waals surface area contributed by atoms with E-state index in [1.807, 2.05) is 66.7 Å². The summed E-state index contributed by atoms with van der Waals surface area (Å²) in [4.78, 5) is 33.6. The highest BCUT2D eigenvalue weighted by molar-refractivity contribution is 7.89. The maximum atomic E-state index is 14.0. The van der Waals surface area contributed by atoms with Crippen LogP contribution in [0.15, 0.2) is 108 Å². The Bertz CT molecular complexity index is 1580. The second-order valence-corrected chi connectivity index (χ2v) is 11.7. The molecule has 1 aromatic heterocycles. The summed E-state index contributed by atoms with van der Waals surface area (Å²) in [5.41, 5.74) is 3.24. The number of hydrogen-bond donors (Lipinski definition) is 2. The summed E-state index contributed by atoms with van der Waals surface area (Å²) in [6, 6.07) is 25.9. The van der Waals surface area contributed by atoms with Crippen LogP contribution in [0.25, 0.3) is 0 Å². The van der Waals surface area contributed by atoms with Crippen molar-refractivity contribution in [2.45, 2.75) is 43.8 Å². The van der Waals surface area contributed by atoms with Crippen molar-refractivity contribution in [3.8, 4) is 5.75 Å². The lowest BCUT2D eigenvalue weighted by molar-refractivity contribution is -0.141. The predicted octanol–water partition coefficient (Wildman–Crippen LogP) is 4.41. The minimum Gasteiger partial charge on any atom is -0.497 e. The van der Waals surface area contributed by atoms with Crippen LogP contribution >= 0.6 is 0 Å². The normalized spacial score (nSPS) is 11.9. The molecule has 0 saturated heterocycles. The Hall–Kier alpha value is -4.54. The number of carbonyl (C=O) groups excluding carboxylic acids is 2. The molecule has 43 heavy (non-hydrogen) atoms. The van der Waals surface area contributed by atoms with Crippen LogP contribution in [0.2, 0.25) is 0 Å². The lowest BCUT2D eigenvalue weighted by atomic mass is 10.0. The molecule has 0 radical (unpaired) electrons. The number of hydrogen-bond acceptors (Lipinski definition) is 6. The van der Waals surface area contributed by atoms with E-state index in [2.05, 4.69) is 15.0 Å². The van der Waals surface area contributed by atoms with Crippen molar-refractivity contribution in [3.05, 3.63) is 126 Å². The van der Waals surface area contributed by atoms with Gasteiger partial charge in [0.2, 0.25) is 21.8 Å². The average Bonchev–Trinajstić information content (AvgIpc) is 3.04. The van der Waals surface area contributed by atoms with E-state index in [9.17, 15) is 18.0 Å². The Morgan fingerprint density at radius 3 is 2.14 bits per heavy atom. The molecule has 224 valence electrons. The van der Waals surface area contributed by atoms with E-state index in [4.69, 9.17) is 4.74 Å². The van der Waals surface area contributed by atoms with Crippen LogP contribution < -0.4 is 14.8 Å². The summed E-state index contributed by atoms with van der Waals surface area (Å²) in [6.07, 6.45) is 3.83. The molecule has 0 aliphatic heterocycles. The highest BCUT2D eigenvalue weighted by Gasteiger charge is 2.31. The second-order valence-electron chi connectivity index (χ2n) is 9.90. The molecule has 0 bridgehead atoms. The first kappa shape index (κ1) is 31.4. The third-order valence-corrected chi connectivity index (χ3v) is 8.48. The van der Waals surface area contributed by atoms with Crippen LogP contribution in [0.4, 0.5) is 0 Å². The van der Waals surface area contributed by atoms with E-state index in [1.165, 1.54) is 12.1 Å². The second kappa shape index (κ2) is 15.1. The molecule has 0 aliphatic rings. The maximum Gasteiger partial charge on any atom is 0.247 e. The molecule has 2 amide bonds. The molecule has 1 heterocycles. The molecule has 4 rings (SSSR count). The van der Waals surface area contributed by atoms with E-state index in [-0.39, 0.29) is 36.2 Å². The third-order valence-electron chi connectivity index (χ3n) is 6.92. The van der Waals surface area contributed by atoms with Crippen LogP contribution in [0.1, 0.15) is 41.6 Å². The van der Waals surface area contributed by atoms with Gasteiger partial charge in [-0.3, -0.25) is 14.6 Å². The first-order chi connectivity index (χ1) is 20.8. The van der Waals surface area contributed by atoms with Gasteiger partial charge in [0, 0.05) is 38.4 Å². The van der Waals surface area contributed by atoms with Gasteiger partial charge in [0.25, 0.3) is 0 Å². The lowest BCUT2D eigenvalue weighted by Crippen LogP contribution is -2.43. The lowest BCUT2D eigenvalue weighted by Gasteiger charge is -2.32. The van der Waals surface area contributed by atoms with Gasteiger partial charge in [0.05, 0.1) is 12.0 Å². The number of nitrogens with one attached hydrogen (secondary N) is 2. The summed E-state index contributed by atoms with van der Waals surface area (Å²) in [6.45, 7) is 2.50. The van der Waals surface area contributed by atoms with Gasteiger partial charge in [0.1, 0.15) is 11.8 Å². The molecule has 1 unspecified atom stereocenters. The fourth-order valence-electron chi connectivity index (χ4n) is 4.65. The van der Waals surface area contributed by atoms with Crippen molar-refractivity contribution in [2.24, 2.45) is 0 Å². The van der Waals surface area contributed by atoms with Crippen LogP contribution in [0, 0.1) is 0 Å². The minimum absolute atomic E-state index is 0.121. The van der Waals surface area contributed by atoms with Gasteiger partial charge in [-0.1, -0.05) is 61.5 Å². The van der Waals surface area contributed by atoms with E-state index in [0.29, 0.717) is 24.3 Å². The van der Waals surface area contributed by atoms with Gasteiger partial charge < -0.3 is 15.0 Å². The van der Waals surface area contributed by atoms with Crippen molar-refractivity contribution in [1.29, 1.82) is 0 Å². The average molecular weight is 601 g/mol. The van der Waals surface area contributed by atoms with Crippen LogP contribution in [0.5, 0.6) is 5.75 Å². The highest BCUT2D eigenvalue weighted by atomic mass is 32.2. The fourth-order valence-corrected chi connectivity index (χ4v) is 5.69. The van der Waals surface area contributed by atoms with E-state index < -0.39 is 16.1 Å². The number of sulfonamides is 1. The summed E-state index contributed by atoms with van der Waals surface area (Å²) < 4.78 is 32.4. The predicted molar refractivity (Wildman–Crippen MR) is 164 cm³/mol. The Kier molecular flexibility index (Phi) is 11.0. The number of ether oxygens (including phenoxy) is 1. The van der Waals surface area contributed by atoms with E-state index >= 15 is 0 Å². The number of methoxy groups -OCH3 is 1. The van der Waals surface area contributed by atoms with Crippen LogP contribution in [-0.4, -0.2) is 43.8 Å². The first-order valence-corrected chi connectivity index (χ1v) is 15.5. The Labute approximate surface area is 253 Å². The number of pyridine rings is 1. The molecule has 9 nitrogen and oxygen atoms in total. The molecule has 1 atom stereocenters. The quantitative estimate of drug-likeness (QED) is 0.222. The number of aromatic nitrogens is 1. The topological polar surface area (TPSA) is 118 Å². The number of rotatable bonds is 14. The minimum atomic E-state index is -3.57. The van der Waals surface area contributed by atoms with Crippen molar-refractivity contribution in [2.75, 3.05) is 13.7 Å². The largest absolute Gasteiger partial charge is 0.497 e. The third kappa shape index (κ3) is 8.73. The smallest absolute Gasteiger partial charge is 0.247 e. The van der Waals surface area contributed by atoms with Gasteiger partial charge in [-0.05, 0) is 65.1 Å². The van der Waals surface area contributed by atoms with Gasteiger partial charge in [-0.2, -0.15) is 0 Å². The molecule has 0 aliphatic carbocycles. The van der Waals surface area contributed by atoms with E-state index in [1.54, 1.807) is 43.5 Å². The molecule has 2 N–H and O–H groups in total. The molecule has 0 spiro atoms. The SMILES string of the molecule is CCNS(=O)(=O)c1ccc(CCC(=O)N(Cc2ccc(OC)cc2)C(C(=O)NCc2ccncc2)c2ccccc2)cc1. The zero-order valence-corrected chi connectivity index (χ0v) is 25.1. The monoisotopic (exact) mass is 600 g/mol. The molecular weight excluding hydrogens is 564 g/mol. The van der Waals surface area contributed by atoms with E-state index in [0.717, 1.165) is 16.7 Å². The van der Waals surface area contributed by atoms with Crippen LogP contribution in [0.3, 0.4) is 0 Å². The maximum absolute atomic E-state index is 14.0. The summed E-state index contributed by atoms with van der Waals surface area (Å²) in [5, 5.41) is 3.00. The summed E-state index contributed by atoms with van der Waals surface area (Å²) >= 11 is 0. The molecule has 0 fully saturated rings. The molecule has 4 aromatic rings. The summed E-state index contributed by atoms with van der Waals surface area (Å²) in [5.74, 6) is 0.173. The Morgan fingerprint density at radius 2 is 1.51 bits per heavy atom. The van der Waals surface area contributed by atoms with Crippen LogP contribution in [-0.2, 0) is 39.1 Å². The summed E-state index contributed by atoms with van der Waals surface area (Å²) in [7, 11) is -1.98. The number of aryl methyl sites for hydroxylation is 1. The zero-order chi connectivity index (χ0) is 30.7. The first-order valence-electron chi connectivity index (χ1n) is 14.0. The van der Waals surface area contributed by atoms with Gasteiger partial charge in [-0.25, -0.2) is 13.1 Å². The zero-order valence-electron chi connectivity index (χ0n) is 24.3. The number of nitrogens with zero attached hydrogens (tertiary/aromatic N) is 2.